The fourth-order valence-corrected chi connectivity index (χ4v) is 1.67. The Morgan fingerprint density at radius 1 is 1.33 bits per heavy atom. The van der Waals surface area contributed by atoms with E-state index in [1.54, 1.807) is 6.07 Å². The maximum atomic E-state index is 9.33. The Balaban J connectivity index is 2.48. The van der Waals surface area contributed by atoms with E-state index in [1.807, 2.05) is 12.1 Å². The normalized spacial score (nSPS) is 11.7. The van der Waals surface area contributed by atoms with Crippen LogP contribution < -0.4 is 5.32 Å². The zero-order chi connectivity index (χ0) is 11.5. The summed E-state index contributed by atoms with van der Waals surface area (Å²) in [5.74, 6) is 0.287. The van der Waals surface area contributed by atoms with Gasteiger partial charge in [-0.2, -0.15) is 0 Å². The number of rotatable bonds is 3. The molecule has 0 fully saturated rings. The van der Waals surface area contributed by atoms with E-state index in [4.69, 9.17) is 0 Å². The van der Waals surface area contributed by atoms with Crippen LogP contribution in [0.2, 0.25) is 0 Å². The summed E-state index contributed by atoms with van der Waals surface area (Å²) in [6.45, 7) is 8.41. The van der Waals surface area contributed by atoms with Crippen molar-refractivity contribution in [3.63, 3.8) is 0 Å². The van der Waals surface area contributed by atoms with Crippen molar-refractivity contribution in [3.05, 3.63) is 28.2 Å². The fourth-order valence-electron chi connectivity index (χ4n) is 1.24. The molecule has 2 N–H and O–H groups in total. The van der Waals surface area contributed by atoms with Crippen LogP contribution in [0.3, 0.4) is 0 Å². The molecule has 2 nitrogen and oxygen atoms in total. The quantitative estimate of drug-likeness (QED) is 0.885. The molecule has 84 valence electrons. The number of hydrogen-bond donors (Lipinski definition) is 2. The van der Waals surface area contributed by atoms with Gasteiger partial charge in [0.05, 0.1) is 4.47 Å². The Hall–Kier alpha value is -0.540. The first-order chi connectivity index (χ1) is 6.88. The molecule has 0 spiro atoms. The van der Waals surface area contributed by atoms with Gasteiger partial charge in [0.15, 0.2) is 0 Å². The van der Waals surface area contributed by atoms with E-state index in [0.29, 0.717) is 5.41 Å². The van der Waals surface area contributed by atoms with Gasteiger partial charge in [0.25, 0.3) is 0 Å². The third-order valence-corrected chi connectivity index (χ3v) is 2.63. The minimum atomic E-state index is 0.287. The maximum absolute atomic E-state index is 9.33. The van der Waals surface area contributed by atoms with Crippen LogP contribution in [0.4, 0.5) is 0 Å². The van der Waals surface area contributed by atoms with E-state index in [1.165, 1.54) is 5.56 Å². The number of nitrogens with one attached hydrogen (secondary N) is 1. The van der Waals surface area contributed by atoms with Gasteiger partial charge >= 0.3 is 0 Å². The van der Waals surface area contributed by atoms with Gasteiger partial charge in [-0.15, -0.1) is 0 Å². The Kier molecular flexibility index (Phi) is 4.17. The molecule has 0 aromatic heterocycles. The molecule has 0 atom stereocenters. The van der Waals surface area contributed by atoms with Crippen molar-refractivity contribution < 1.29 is 5.11 Å². The summed E-state index contributed by atoms with van der Waals surface area (Å²) in [6.07, 6.45) is 0. The number of hydrogen-bond acceptors (Lipinski definition) is 2. The van der Waals surface area contributed by atoms with Crippen molar-refractivity contribution in [2.45, 2.75) is 27.3 Å². The molecule has 0 bridgehead atoms. The molecule has 0 amide bonds. The molecular formula is C12H18BrNO. The molecule has 3 heteroatoms. The highest BCUT2D eigenvalue weighted by atomic mass is 79.9. The lowest BCUT2D eigenvalue weighted by Crippen LogP contribution is -2.26. The Morgan fingerprint density at radius 2 is 2.00 bits per heavy atom. The van der Waals surface area contributed by atoms with Crippen molar-refractivity contribution in [2.24, 2.45) is 5.41 Å². The van der Waals surface area contributed by atoms with E-state index in [9.17, 15) is 5.11 Å². The largest absolute Gasteiger partial charge is 0.507 e. The van der Waals surface area contributed by atoms with Crippen molar-refractivity contribution >= 4 is 15.9 Å². The molecule has 0 radical (unpaired) electrons. The van der Waals surface area contributed by atoms with Crippen molar-refractivity contribution in [3.8, 4) is 5.75 Å². The molecule has 15 heavy (non-hydrogen) atoms. The second kappa shape index (κ2) is 4.99. The molecule has 1 rings (SSSR count). The molecule has 0 saturated carbocycles. The first kappa shape index (κ1) is 12.5. The van der Waals surface area contributed by atoms with Crippen molar-refractivity contribution in [1.82, 2.24) is 5.32 Å². The SMILES string of the molecule is CC(C)(C)CNCc1ccc(O)c(Br)c1. The highest BCUT2D eigenvalue weighted by Gasteiger charge is 2.08. The molecule has 0 saturated heterocycles. The number of phenols is 1. The van der Waals surface area contributed by atoms with Gasteiger partial charge in [-0.25, -0.2) is 0 Å². The third kappa shape index (κ3) is 4.67. The second-order valence-corrected chi connectivity index (χ2v) is 5.80. The summed E-state index contributed by atoms with van der Waals surface area (Å²) in [5, 5.41) is 12.7. The lowest BCUT2D eigenvalue weighted by atomic mass is 9.97. The average molecular weight is 272 g/mol. The predicted molar refractivity (Wildman–Crippen MR) is 67.0 cm³/mol. The number of halogens is 1. The fraction of sp³-hybridized carbons (Fsp3) is 0.500. The van der Waals surface area contributed by atoms with Crippen LogP contribution in [0.1, 0.15) is 26.3 Å². The molecule has 0 aliphatic heterocycles. The Morgan fingerprint density at radius 3 is 2.53 bits per heavy atom. The highest BCUT2D eigenvalue weighted by molar-refractivity contribution is 9.10. The van der Waals surface area contributed by atoms with E-state index in [-0.39, 0.29) is 5.75 Å². The van der Waals surface area contributed by atoms with Crippen LogP contribution in [0.15, 0.2) is 22.7 Å². The number of benzene rings is 1. The second-order valence-electron chi connectivity index (χ2n) is 4.95. The lowest BCUT2D eigenvalue weighted by Gasteiger charge is -2.18. The minimum Gasteiger partial charge on any atom is -0.507 e. The summed E-state index contributed by atoms with van der Waals surface area (Å²) < 4.78 is 0.748. The van der Waals surface area contributed by atoms with E-state index in [0.717, 1.165) is 17.6 Å². The van der Waals surface area contributed by atoms with E-state index >= 15 is 0 Å². The van der Waals surface area contributed by atoms with Crippen LogP contribution in [0, 0.1) is 5.41 Å². The van der Waals surface area contributed by atoms with Gasteiger partial charge in [-0.1, -0.05) is 26.8 Å². The van der Waals surface area contributed by atoms with Crippen molar-refractivity contribution in [1.29, 1.82) is 0 Å². The maximum Gasteiger partial charge on any atom is 0.129 e. The zero-order valence-electron chi connectivity index (χ0n) is 9.47. The Bertz CT molecular complexity index is 331. The number of aromatic hydroxyl groups is 1. The predicted octanol–water partition coefficient (Wildman–Crippen LogP) is 3.29. The molecule has 1 aromatic rings. The van der Waals surface area contributed by atoms with Crippen LogP contribution >= 0.6 is 15.9 Å². The Labute approximate surface area is 99.8 Å². The first-order valence-corrected chi connectivity index (χ1v) is 5.86. The number of phenolic OH excluding ortho intramolecular Hbond substituents is 1. The minimum absolute atomic E-state index is 0.287. The van der Waals surface area contributed by atoms with Gasteiger partial charge in [-0.05, 0) is 39.0 Å². The summed E-state index contributed by atoms with van der Waals surface area (Å²) in [5.41, 5.74) is 1.47. The summed E-state index contributed by atoms with van der Waals surface area (Å²) in [6, 6.07) is 5.57. The van der Waals surface area contributed by atoms with Crippen LogP contribution in [-0.2, 0) is 6.54 Å². The third-order valence-electron chi connectivity index (χ3n) is 2.00. The van der Waals surface area contributed by atoms with Crippen LogP contribution in [-0.4, -0.2) is 11.7 Å². The standard InChI is InChI=1S/C12H18BrNO/c1-12(2,3)8-14-7-9-4-5-11(15)10(13)6-9/h4-6,14-15H,7-8H2,1-3H3. The monoisotopic (exact) mass is 271 g/mol. The molecular weight excluding hydrogens is 254 g/mol. The lowest BCUT2D eigenvalue weighted by molar-refractivity contribution is 0.379. The summed E-state index contributed by atoms with van der Waals surface area (Å²) in [4.78, 5) is 0. The molecule has 0 heterocycles. The molecule has 0 aliphatic rings. The smallest absolute Gasteiger partial charge is 0.129 e. The summed E-state index contributed by atoms with van der Waals surface area (Å²) in [7, 11) is 0. The molecule has 1 aromatic carbocycles. The van der Waals surface area contributed by atoms with Gasteiger partial charge in [0.2, 0.25) is 0 Å². The van der Waals surface area contributed by atoms with Gasteiger partial charge < -0.3 is 10.4 Å². The molecule has 0 unspecified atom stereocenters. The zero-order valence-corrected chi connectivity index (χ0v) is 11.1. The van der Waals surface area contributed by atoms with Gasteiger partial charge in [0.1, 0.15) is 5.75 Å². The highest BCUT2D eigenvalue weighted by Crippen LogP contribution is 2.24. The average Bonchev–Trinajstić information content (AvgIpc) is 2.09. The van der Waals surface area contributed by atoms with Gasteiger partial charge in [-0.3, -0.25) is 0 Å². The van der Waals surface area contributed by atoms with E-state index in [2.05, 4.69) is 42.0 Å². The molecule has 0 aliphatic carbocycles. The first-order valence-electron chi connectivity index (χ1n) is 5.06. The van der Waals surface area contributed by atoms with E-state index < -0.39 is 0 Å². The van der Waals surface area contributed by atoms with Crippen LogP contribution in [0.25, 0.3) is 0 Å². The van der Waals surface area contributed by atoms with Crippen LogP contribution in [0.5, 0.6) is 5.75 Å². The van der Waals surface area contributed by atoms with Gasteiger partial charge in [0, 0.05) is 13.1 Å². The van der Waals surface area contributed by atoms with Crippen molar-refractivity contribution in [2.75, 3.05) is 6.54 Å². The summed E-state index contributed by atoms with van der Waals surface area (Å²) >= 11 is 3.30. The topological polar surface area (TPSA) is 32.3 Å².